The number of thiophene rings is 1. The Morgan fingerprint density at radius 3 is 2.76 bits per heavy atom. The second kappa shape index (κ2) is 8.80. The van der Waals surface area contributed by atoms with Crippen LogP contribution in [0.2, 0.25) is 0 Å². The highest BCUT2D eigenvalue weighted by atomic mass is 32.2. The van der Waals surface area contributed by atoms with Crippen LogP contribution in [0.4, 0.5) is 10.1 Å². The number of esters is 1. The van der Waals surface area contributed by atoms with Gasteiger partial charge in [-0.3, -0.25) is 9.59 Å². The zero-order valence-corrected chi connectivity index (χ0v) is 18.2. The molecule has 0 spiro atoms. The normalized spacial score (nSPS) is 15.1. The molecule has 29 heavy (non-hydrogen) atoms. The first-order valence-electron chi connectivity index (χ1n) is 9.43. The molecule has 0 aromatic carbocycles. The third kappa shape index (κ3) is 4.78. The van der Waals surface area contributed by atoms with Gasteiger partial charge >= 0.3 is 5.97 Å². The van der Waals surface area contributed by atoms with E-state index < -0.39 is 0 Å². The summed E-state index contributed by atoms with van der Waals surface area (Å²) in [5.41, 5.74) is 1.51. The molecule has 154 valence electrons. The van der Waals surface area contributed by atoms with E-state index in [2.05, 4.69) is 20.8 Å². The van der Waals surface area contributed by atoms with E-state index in [9.17, 15) is 14.4 Å². The van der Waals surface area contributed by atoms with Crippen molar-refractivity contribution in [3.05, 3.63) is 16.0 Å². The molecule has 11 heteroatoms. The van der Waals surface area contributed by atoms with Gasteiger partial charge in [0.15, 0.2) is 4.34 Å². The Morgan fingerprint density at radius 2 is 2.00 bits per heavy atom. The quantitative estimate of drug-likeness (QED) is 0.359. The molecule has 0 bridgehead atoms. The van der Waals surface area contributed by atoms with Crippen LogP contribution in [0.25, 0.3) is 0 Å². The lowest BCUT2D eigenvalue weighted by atomic mass is 10.1. The molecule has 0 saturated heterocycles. The van der Waals surface area contributed by atoms with Crippen LogP contribution in [-0.4, -0.2) is 40.3 Å². The fourth-order valence-electron chi connectivity index (χ4n) is 3.07. The standard InChI is InChI=1S/C18H20N4O4S3/c1-2-26-16(25)13-10-4-3-5-11(10)28-15(13)19-12(23)8-27-18-22-21-17(29-18)20-14(24)9-6-7-9/h9H,2-8H2,1H3,(H,19,23)(H,20,21,24). The van der Waals surface area contributed by atoms with Gasteiger partial charge in [-0.05, 0) is 44.6 Å². The number of hydrogen-bond donors (Lipinski definition) is 2. The van der Waals surface area contributed by atoms with Crippen LogP contribution < -0.4 is 10.6 Å². The van der Waals surface area contributed by atoms with E-state index in [0.717, 1.165) is 42.5 Å². The molecule has 2 amide bonds. The zero-order valence-electron chi connectivity index (χ0n) is 15.8. The van der Waals surface area contributed by atoms with Gasteiger partial charge in [-0.15, -0.1) is 21.5 Å². The van der Waals surface area contributed by atoms with Crippen molar-refractivity contribution in [2.75, 3.05) is 23.0 Å². The van der Waals surface area contributed by atoms with E-state index in [4.69, 9.17) is 4.74 Å². The lowest BCUT2D eigenvalue weighted by molar-refractivity contribution is -0.117. The number of rotatable bonds is 8. The van der Waals surface area contributed by atoms with Crippen LogP contribution in [0.3, 0.4) is 0 Å². The van der Waals surface area contributed by atoms with Gasteiger partial charge in [-0.1, -0.05) is 23.1 Å². The molecule has 0 radical (unpaired) electrons. The average molecular weight is 453 g/mol. The summed E-state index contributed by atoms with van der Waals surface area (Å²) in [6, 6.07) is 0. The van der Waals surface area contributed by atoms with Crippen molar-refractivity contribution in [1.82, 2.24) is 10.2 Å². The van der Waals surface area contributed by atoms with Crippen LogP contribution >= 0.6 is 34.4 Å². The number of carbonyl (C=O) groups is 3. The molecular formula is C18H20N4O4S3. The van der Waals surface area contributed by atoms with Gasteiger partial charge in [0.05, 0.1) is 17.9 Å². The van der Waals surface area contributed by atoms with Crippen LogP contribution in [0.1, 0.15) is 47.0 Å². The van der Waals surface area contributed by atoms with E-state index in [0.29, 0.717) is 26.6 Å². The number of thioether (sulfide) groups is 1. The number of aromatic nitrogens is 2. The summed E-state index contributed by atoms with van der Waals surface area (Å²) >= 11 is 3.95. The molecule has 1 fully saturated rings. The summed E-state index contributed by atoms with van der Waals surface area (Å²) in [7, 11) is 0. The lowest BCUT2D eigenvalue weighted by Gasteiger charge is -2.07. The highest BCUT2D eigenvalue weighted by molar-refractivity contribution is 8.01. The molecule has 1 saturated carbocycles. The fourth-order valence-corrected chi connectivity index (χ4v) is 5.92. The third-order valence-corrected chi connectivity index (χ3v) is 7.74. The zero-order chi connectivity index (χ0) is 20.4. The Kier molecular flexibility index (Phi) is 6.16. The maximum atomic E-state index is 12.4. The topological polar surface area (TPSA) is 110 Å². The second-order valence-electron chi connectivity index (χ2n) is 6.76. The van der Waals surface area contributed by atoms with Crippen molar-refractivity contribution >= 4 is 62.4 Å². The molecule has 0 atom stereocenters. The Labute approximate surface area is 179 Å². The first-order chi connectivity index (χ1) is 14.0. The van der Waals surface area contributed by atoms with Crippen molar-refractivity contribution in [3.8, 4) is 0 Å². The van der Waals surface area contributed by atoms with Crippen LogP contribution in [0.5, 0.6) is 0 Å². The minimum atomic E-state index is -0.380. The highest BCUT2D eigenvalue weighted by Gasteiger charge is 2.30. The highest BCUT2D eigenvalue weighted by Crippen LogP contribution is 2.39. The summed E-state index contributed by atoms with van der Waals surface area (Å²) in [5, 5.41) is 14.6. The van der Waals surface area contributed by atoms with Gasteiger partial charge in [0.25, 0.3) is 0 Å². The summed E-state index contributed by atoms with van der Waals surface area (Å²) in [6.07, 6.45) is 4.63. The molecule has 2 aliphatic carbocycles. The molecule has 2 aliphatic rings. The van der Waals surface area contributed by atoms with Crippen LogP contribution in [0.15, 0.2) is 4.34 Å². The first kappa shape index (κ1) is 20.3. The maximum Gasteiger partial charge on any atom is 0.341 e. The Hall–Kier alpha value is -1.98. The number of carbonyl (C=O) groups excluding carboxylic acids is 3. The van der Waals surface area contributed by atoms with Gasteiger partial charge in [0.2, 0.25) is 16.9 Å². The number of fused-ring (bicyclic) bond motifs is 1. The van der Waals surface area contributed by atoms with Gasteiger partial charge < -0.3 is 15.4 Å². The summed E-state index contributed by atoms with van der Waals surface area (Å²) in [6.45, 7) is 2.06. The number of ether oxygens (including phenoxy) is 1. The van der Waals surface area contributed by atoms with E-state index in [1.165, 1.54) is 34.4 Å². The monoisotopic (exact) mass is 452 g/mol. The number of anilines is 2. The van der Waals surface area contributed by atoms with Crippen molar-refractivity contribution < 1.29 is 19.1 Å². The molecule has 2 aromatic heterocycles. The van der Waals surface area contributed by atoms with E-state index in [-0.39, 0.29) is 29.5 Å². The molecule has 2 heterocycles. The number of amides is 2. The predicted molar refractivity (Wildman–Crippen MR) is 113 cm³/mol. The minimum absolute atomic E-state index is 0.0207. The van der Waals surface area contributed by atoms with Gasteiger partial charge in [-0.2, -0.15) is 0 Å². The number of nitrogens with one attached hydrogen (secondary N) is 2. The molecule has 2 N–H and O–H groups in total. The van der Waals surface area contributed by atoms with E-state index in [1.54, 1.807) is 6.92 Å². The minimum Gasteiger partial charge on any atom is -0.462 e. The van der Waals surface area contributed by atoms with E-state index in [1.807, 2.05) is 0 Å². The molecule has 8 nitrogen and oxygen atoms in total. The average Bonchev–Trinajstić information content (AvgIpc) is 3.14. The largest absolute Gasteiger partial charge is 0.462 e. The van der Waals surface area contributed by atoms with Gasteiger partial charge in [0, 0.05) is 10.8 Å². The molecule has 0 aliphatic heterocycles. The van der Waals surface area contributed by atoms with E-state index >= 15 is 0 Å². The molecule has 0 unspecified atom stereocenters. The van der Waals surface area contributed by atoms with Crippen LogP contribution in [-0.2, 0) is 27.2 Å². The van der Waals surface area contributed by atoms with Gasteiger partial charge in [0.1, 0.15) is 5.00 Å². The van der Waals surface area contributed by atoms with Crippen LogP contribution in [0, 0.1) is 5.92 Å². The SMILES string of the molecule is CCOC(=O)c1c(NC(=O)CSc2nnc(NC(=O)C3CC3)s2)sc2c1CCC2. The summed E-state index contributed by atoms with van der Waals surface area (Å²) < 4.78 is 5.78. The lowest BCUT2D eigenvalue weighted by Crippen LogP contribution is -2.16. The predicted octanol–water partition coefficient (Wildman–Crippen LogP) is 3.34. The van der Waals surface area contributed by atoms with Gasteiger partial charge in [-0.25, -0.2) is 4.79 Å². The number of nitrogens with zero attached hydrogens (tertiary/aromatic N) is 2. The number of hydrogen-bond acceptors (Lipinski definition) is 9. The number of aryl methyl sites for hydroxylation is 1. The van der Waals surface area contributed by atoms with Crippen molar-refractivity contribution in [3.63, 3.8) is 0 Å². The first-order valence-corrected chi connectivity index (χ1v) is 12.1. The smallest absolute Gasteiger partial charge is 0.341 e. The van der Waals surface area contributed by atoms with Crippen molar-refractivity contribution in [2.45, 2.75) is 43.4 Å². The molecule has 2 aromatic rings. The summed E-state index contributed by atoms with van der Waals surface area (Å²) in [5.74, 6) is -0.389. The maximum absolute atomic E-state index is 12.4. The Bertz CT molecular complexity index is 951. The summed E-state index contributed by atoms with van der Waals surface area (Å²) in [4.78, 5) is 37.7. The van der Waals surface area contributed by atoms with Crippen molar-refractivity contribution in [2.24, 2.45) is 5.92 Å². The fraction of sp³-hybridized carbons (Fsp3) is 0.500. The van der Waals surface area contributed by atoms with Crippen molar-refractivity contribution in [1.29, 1.82) is 0 Å². The third-order valence-electron chi connectivity index (χ3n) is 4.57. The molecule has 4 rings (SSSR count). The second-order valence-corrected chi connectivity index (χ2v) is 10.1. The Balaban J connectivity index is 1.35. The Morgan fingerprint density at radius 1 is 1.17 bits per heavy atom. The molecular weight excluding hydrogens is 432 g/mol.